The number of carbonyl (C=O) groups excluding carboxylic acids is 2. The number of esters is 1. The molecule has 0 spiro atoms. The van der Waals surface area contributed by atoms with Gasteiger partial charge >= 0.3 is 12.1 Å². The van der Waals surface area contributed by atoms with Crippen molar-refractivity contribution in [2.24, 2.45) is 17.3 Å². The monoisotopic (exact) mass is 378 g/mol. The summed E-state index contributed by atoms with van der Waals surface area (Å²) >= 11 is 0. The Morgan fingerprint density at radius 1 is 1.37 bits per heavy atom. The van der Waals surface area contributed by atoms with E-state index in [1.807, 2.05) is 13.8 Å². The number of aliphatic hydroxyl groups excluding tert-OH is 1. The summed E-state index contributed by atoms with van der Waals surface area (Å²) in [5.74, 6) is -0.534. The lowest BCUT2D eigenvalue weighted by Gasteiger charge is -2.55. The summed E-state index contributed by atoms with van der Waals surface area (Å²) in [5.41, 5.74) is -0.947. The Hall–Kier alpha value is -1.86. The molecule has 0 aromatic rings. The average Bonchev–Trinajstić information content (AvgIpc) is 3.18. The topological polar surface area (TPSA) is 94.6 Å². The quantitative estimate of drug-likeness (QED) is 0.341. The van der Waals surface area contributed by atoms with Crippen LogP contribution in [0.2, 0.25) is 0 Å². The van der Waals surface area contributed by atoms with Crippen molar-refractivity contribution in [3.63, 3.8) is 0 Å². The molecular formula is C20H26O7. The van der Waals surface area contributed by atoms with Crippen LogP contribution in [0.25, 0.3) is 0 Å². The van der Waals surface area contributed by atoms with Gasteiger partial charge in [0.15, 0.2) is 0 Å². The van der Waals surface area contributed by atoms with Crippen LogP contribution in [0.15, 0.2) is 24.0 Å². The summed E-state index contributed by atoms with van der Waals surface area (Å²) in [6.45, 7) is 11.1. The third kappa shape index (κ3) is 2.48. The summed E-state index contributed by atoms with van der Waals surface area (Å²) in [5, 5.41) is 11.1. The smallest absolute Gasteiger partial charge is 0.458 e. The molecule has 4 aliphatic rings. The Bertz CT molecular complexity index is 743. The highest BCUT2D eigenvalue weighted by Crippen LogP contribution is 2.66. The first-order valence-electron chi connectivity index (χ1n) is 9.40. The van der Waals surface area contributed by atoms with Gasteiger partial charge in [0, 0.05) is 29.2 Å². The lowest BCUT2D eigenvalue weighted by molar-refractivity contribution is -0.197. The number of allylic oxidation sites excluding steroid dienone is 2. The van der Waals surface area contributed by atoms with Gasteiger partial charge < -0.3 is 24.1 Å². The van der Waals surface area contributed by atoms with Crippen molar-refractivity contribution < 1.29 is 33.6 Å². The minimum absolute atomic E-state index is 0.116. The molecule has 27 heavy (non-hydrogen) atoms. The number of hydrogen-bond donors (Lipinski definition) is 1. The summed E-state index contributed by atoms with van der Waals surface area (Å²) in [6, 6.07) is 0. The van der Waals surface area contributed by atoms with E-state index in [0.29, 0.717) is 24.2 Å². The molecule has 2 aliphatic carbocycles. The molecule has 2 saturated carbocycles. The highest BCUT2D eigenvalue weighted by molar-refractivity contribution is 5.91. The molecule has 0 aromatic heterocycles. The summed E-state index contributed by atoms with van der Waals surface area (Å²) in [7, 11) is 0. The van der Waals surface area contributed by atoms with E-state index in [4.69, 9.17) is 18.9 Å². The lowest BCUT2D eigenvalue weighted by Crippen LogP contribution is -2.65. The van der Waals surface area contributed by atoms with Gasteiger partial charge in [-0.2, -0.15) is 0 Å². The van der Waals surface area contributed by atoms with Crippen LogP contribution in [-0.2, 0) is 23.7 Å². The standard InChI is InChI=1S/C20H26O7/c1-6-9(2)24-18(23)25-13-8-14-20(5,27-14)16-15-11(10(3)17(22)26-15)7-12(21)19(13,16)4/h6,11-16,21H,3,7-8H2,1-2,4-5H3. The van der Waals surface area contributed by atoms with E-state index in [2.05, 4.69) is 6.58 Å². The third-order valence-corrected chi connectivity index (χ3v) is 7.15. The van der Waals surface area contributed by atoms with E-state index >= 15 is 0 Å². The number of rotatable bonds is 2. The van der Waals surface area contributed by atoms with Crippen molar-refractivity contribution in [3.05, 3.63) is 24.0 Å². The van der Waals surface area contributed by atoms with Crippen LogP contribution in [-0.4, -0.2) is 47.2 Å². The molecule has 148 valence electrons. The molecule has 0 amide bonds. The zero-order chi connectivity index (χ0) is 19.7. The predicted octanol–water partition coefficient (Wildman–Crippen LogP) is 2.48. The van der Waals surface area contributed by atoms with Crippen LogP contribution in [0.1, 0.15) is 40.5 Å². The second-order valence-electron chi connectivity index (χ2n) is 8.48. The summed E-state index contributed by atoms with van der Waals surface area (Å²) in [6.07, 6.45) is -0.286. The maximum absolute atomic E-state index is 12.2. The van der Waals surface area contributed by atoms with Crippen molar-refractivity contribution in [2.45, 2.75) is 70.6 Å². The van der Waals surface area contributed by atoms with Gasteiger partial charge in [-0.25, -0.2) is 9.59 Å². The van der Waals surface area contributed by atoms with Gasteiger partial charge in [0.2, 0.25) is 0 Å². The van der Waals surface area contributed by atoms with Gasteiger partial charge in [-0.3, -0.25) is 0 Å². The number of ether oxygens (including phenoxy) is 4. The van der Waals surface area contributed by atoms with E-state index in [-0.39, 0.29) is 17.9 Å². The Labute approximate surface area is 158 Å². The fraction of sp³-hybridized carbons (Fsp3) is 0.700. The Balaban J connectivity index is 1.66. The molecule has 2 aliphatic heterocycles. The van der Waals surface area contributed by atoms with Crippen LogP contribution in [0.5, 0.6) is 0 Å². The maximum Gasteiger partial charge on any atom is 0.513 e. The van der Waals surface area contributed by atoms with E-state index in [1.165, 1.54) is 0 Å². The van der Waals surface area contributed by atoms with Crippen LogP contribution in [0, 0.1) is 17.3 Å². The van der Waals surface area contributed by atoms with Gasteiger partial charge in [0.25, 0.3) is 0 Å². The van der Waals surface area contributed by atoms with Crippen molar-refractivity contribution >= 4 is 12.1 Å². The normalized spacial score (nSPS) is 48.1. The van der Waals surface area contributed by atoms with Crippen molar-refractivity contribution in [1.29, 1.82) is 0 Å². The molecular weight excluding hydrogens is 352 g/mol. The minimum atomic E-state index is -0.823. The molecule has 8 unspecified atom stereocenters. The van der Waals surface area contributed by atoms with Crippen LogP contribution < -0.4 is 0 Å². The zero-order valence-corrected chi connectivity index (χ0v) is 16.1. The summed E-state index contributed by atoms with van der Waals surface area (Å²) in [4.78, 5) is 24.3. The van der Waals surface area contributed by atoms with Gasteiger partial charge in [-0.05, 0) is 33.3 Å². The Morgan fingerprint density at radius 2 is 2.07 bits per heavy atom. The molecule has 2 saturated heterocycles. The molecule has 0 bridgehead atoms. The molecule has 4 rings (SSSR count). The molecule has 4 fully saturated rings. The fourth-order valence-corrected chi connectivity index (χ4v) is 5.40. The first-order valence-corrected chi connectivity index (χ1v) is 9.40. The van der Waals surface area contributed by atoms with Crippen LogP contribution in [0.3, 0.4) is 0 Å². The second kappa shape index (κ2) is 5.82. The SMILES string of the molecule is C=C1C(=O)OC2C1CC(O)C1(C)C(OC(=O)OC(C)=CC)CC3OC3(C)C21. The molecule has 7 heteroatoms. The number of carbonyl (C=O) groups is 2. The number of epoxide rings is 1. The maximum atomic E-state index is 12.2. The van der Waals surface area contributed by atoms with E-state index in [0.717, 1.165) is 0 Å². The molecule has 0 aromatic carbocycles. The third-order valence-electron chi connectivity index (χ3n) is 7.15. The minimum Gasteiger partial charge on any atom is -0.458 e. The van der Waals surface area contributed by atoms with Gasteiger partial charge in [0.05, 0.1) is 17.8 Å². The van der Waals surface area contributed by atoms with Crippen molar-refractivity contribution in [2.75, 3.05) is 0 Å². The highest BCUT2D eigenvalue weighted by Gasteiger charge is 2.76. The number of fused-ring (bicyclic) bond motifs is 5. The first-order chi connectivity index (χ1) is 12.6. The molecule has 0 radical (unpaired) electrons. The van der Waals surface area contributed by atoms with Gasteiger partial charge in [-0.1, -0.05) is 13.5 Å². The van der Waals surface area contributed by atoms with E-state index < -0.39 is 41.5 Å². The Morgan fingerprint density at radius 3 is 2.74 bits per heavy atom. The molecule has 8 atom stereocenters. The number of aliphatic hydroxyl groups is 1. The second-order valence-corrected chi connectivity index (χ2v) is 8.48. The van der Waals surface area contributed by atoms with E-state index in [1.54, 1.807) is 19.9 Å². The average molecular weight is 378 g/mol. The van der Waals surface area contributed by atoms with Crippen LogP contribution in [0.4, 0.5) is 4.79 Å². The van der Waals surface area contributed by atoms with Crippen LogP contribution >= 0.6 is 0 Å². The van der Waals surface area contributed by atoms with Gasteiger partial charge in [-0.15, -0.1) is 0 Å². The largest absolute Gasteiger partial charge is 0.513 e. The molecule has 7 nitrogen and oxygen atoms in total. The predicted molar refractivity (Wildman–Crippen MR) is 93.4 cm³/mol. The highest BCUT2D eigenvalue weighted by atomic mass is 16.7. The van der Waals surface area contributed by atoms with Crippen molar-refractivity contribution in [3.8, 4) is 0 Å². The lowest BCUT2D eigenvalue weighted by atomic mass is 9.51. The molecule has 1 N–H and O–H groups in total. The number of hydrogen-bond acceptors (Lipinski definition) is 7. The van der Waals surface area contributed by atoms with Gasteiger partial charge in [0.1, 0.15) is 18.0 Å². The Kier molecular flexibility index (Phi) is 3.99. The molecule has 2 heterocycles. The zero-order valence-electron chi connectivity index (χ0n) is 16.1. The van der Waals surface area contributed by atoms with E-state index in [9.17, 15) is 14.7 Å². The summed E-state index contributed by atoms with van der Waals surface area (Å²) < 4.78 is 22.4. The van der Waals surface area contributed by atoms with Crippen molar-refractivity contribution in [1.82, 2.24) is 0 Å². The first kappa shape index (κ1) is 18.5. The fourth-order valence-electron chi connectivity index (χ4n) is 5.40.